The van der Waals surface area contributed by atoms with Gasteiger partial charge in [-0.15, -0.1) is 0 Å². The Kier molecular flexibility index (Phi) is 6.23. The highest BCUT2D eigenvalue weighted by Gasteiger charge is 2.33. The lowest BCUT2D eigenvalue weighted by Gasteiger charge is -2.32. The third-order valence-electron chi connectivity index (χ3n) is 6.62. The van der Waals surface area contributed by atoms with Crippen LogP contribution in [0.5, 0.6) is 0 Å². The topological polar surface area (TPSA) is 61.4 Å². The fourth-order valence-electron chi connectivity index (χ4n) is 4.58. The number of nitrogens with one attached hydrogen (secondary N) is 2. The number of fused-ring (bicyclic) bond motifs is 2. The first kappa shape index (κ1) is 21.3. The molecular formula is C26H31N3O2. The van der Waals surface area contributed by atoms with Crippen molar-refractivity contribution in [2.24, 2.45) is 11.8 Å². The number of amides is 2. The third-order valence-corrected chi connectivity index (χ3v) is 6.62. The largest absolute Gasteiger partial charge is 0.343 e. The van der Waals surface area contributed by atoms with E-state index >= 15 is 0 Å². The van der Waals surface area contributed by atoms with E-state index < -0.39 is 6.04 Å². The van der Waals surface area contributed by atoms with Crippen molar-refractivity contribution in [2.45, 2.75) is 38.8 Å². The van der Waals surface area contributed by atoms with Gasteiger partial charge in [-0.2, -0.15) is 0 Å². The van der Waals surface area contributed by atoms with Crippen LogP contribution < -0.4 is 15.5 Å². The number of nitrogens with zero attached hydrogens (tertiary/aromatic N) is 1. The van der Waals surface area contributed by atoms with E-state index in [0.29, 0.717) is 24.8 Å². The average Bonchev–Trinajstić information content (AvgIpc) is 2.92. The number of para-hydroxylation sites is 1. The number of anilines is 1. The molecule has 0 aromatic heterocycles. The molecule has 4 rings (SSSR count). The van der Waals surface area contributed by atoms with Crippen molar-refractivity contribution in [2.75, 3.05) is 18.5 Å². The molecule has 2 N–H and O–H groups in total. The van der Waals surface area contributed by atoms with Crippen LogP contribution in [0.25, 0.3) is 0 Å². The Bertz CT molecular complexity index is 988. The standard InChI is InChI=1S/C26H31N3O2/c1-17-12-13-20(22-10-6-5-9-21(17)22)16-29-24-11-7-4-8-19(24)14-15-23(26(29)31)28-25(30)18(2)27-3/h4-13,17-18,21,23,27H,14-16H2,1-3H3,(H,28,30)/t17?,18-,21?,23?/m0/s1. The van der Waals surface area contributed by atoms with Gasteiger partial charge in [0.2, 0.25) is 11.8 Å². The number of carbonyl (C=O) groups is 2. The van der Waals surface area contributed by atoms with Crippen molar-refractivity contribution in [3.8, 4) is 0 Å². The summed E-state index contributed by atoms with van der Waals surface area (Å²) in [6, 6.07) is 7.20. The van der Waals surface area contributed by atoms with E-state index in [1.54, 1.807) is 14.0 Å². The van der Waals surface area contributed by atoms with Crippen molar-refractivity contribution >= 4 is 17.5 Å². The first-order valence-corrected chi connectivity index (χ1v) is 11.1. The SMILES string of the molecule is CN[C@@H](C)C(=O)NC1CCc2ccccc2N(CC2=C3C=CC=CC3C(C)C=C2)C1=O. The van der Waals surface area contributed by atoms with Crippen molar-refractivity contribution in [1.82, 2.24) is 10.6 Å². The van der Waals surface area contributed by atoms with E-state index in [9.17, 15) is 9.59 Å². The zero-order valence-electron chi connectivity index (χ0n) is 18.5. The summed E-state index contributed by atoms with van der Waals surface area (Å²) in [5, 5.41) is 5.92. The number of aryl methyl sites for hydroxylation is 1. The Hall–Kier alpha value is -2.92. The fourth-order valence-corrected chi connectivity index (χ4v) is 4.58. The number of hydrogen-bond donors (Lipinski definition) is 2. The van der Waals surface area contributed by atoms with Crippen LogP contribution >= 0.6 is 0 Å². The number of benzene rings is 1. The number of allylic oxidation sites excluding steroid dienone is 6. The Labute approximate surface area is 184 Å². The van der Waals surface area contributed by atoms with E-state index in [1.807, 2.05) is 23.1 Å². The Morgan fingerprint density at radius 2 is 2.00 bits per heavy atom. The first-order chi connectivity index (χ1) is 15.0. The molecule has 1 heterocycles. The fraction of sp³-hybridized carbons (Fsp3) is 0.385. The zero-order chi connectivity index (χ0) is 22.0. The van der Waals surface area contributed by atoms with Crippen LogP contribution in [0.15, 0.2) is 71.9 Å². The summed E-state index contributed by atoms with van der Waals surface area (Å²) >= 11 is 0. The monoisotopic (exact) mass is 417 g/mol. The first-order valence-electron chi connectivity index (χ1n) is 11.1. The molecule has 0 saturated heterocycles. The zero-order valence-corrected chi connectivity index (χ0v) is 18.5. The quantitative estimate of drug-likeness (QED) is 0.773. The van der Waals surface area contributed by atoms with E-state index in [0.717, 1.165) is 23.2 Å². The lowest BCUT2D eigenvalue weighted by Crippen LogP contribution is -2.52. The number of likely N-dealkylation sites (N-methyl/N-ethyl adjacent to an activating group) is 1. The van der Waals surface area contributed by atoms with Crippen LogP contribution in [0, 0.1) is 11.8 Å². The van der Waals surface area contributed by atoms with Crippen LogP contribution in [-0.4, -0.2) is 37.5 Å². The van der Waals surface area contributed by atoms with Crippen LogP contribution in [0.1, 0.15) is 25.8 Å². The smallest absolute Gasteiger partial charge is 0.249 e. The maximum atomic E-state index is 13.7. The summed E-state index contributed by atoms with van der Waals surface area (Å²) < 4.78 is 0. The average molecular weight is 418 g/mol. The highest BCUT2D eigenvalue weighted by molar-refractivity contribution is 6.01. The van der Waals surface area contributed by atoms with Gasteiger partial charge >= 0.3 is 0 Å². The maximum absolute atomic E-state index is 13.7. The molecule has 5 heteroatoms. The summed E-state index contributed by atoms with van der Waals surface area (Å²) in [6.07, 6.45) is 14.3. The lowest BCUT2D eigenvalue weighted by atomic mass is 9.78. The van der Waals surface area contributed by atoms with Gasteiger partial charge in [0.05, 0.1) is 12.6 Å². The highest BCUT2D eigenvalue weighted by Crippen LogP contribution is 2.36. The molecule has 0 spiro atoms. The van der Waals surface area contributed by atoms with Crippen molar-refractivity contribution < 1.29 is 9.59 Å². The molecule has 162 valence electrons. The second-order valence-corrected chi connectivity index (χ2v) is 8.63. The predicted molar refractivity (Wildman–Crippen MR) is 125 cm³/mol. The molecule has 4 atom stereocenters. The van der Waals surface area contributed by atoms with Crippen LogP contribution in [-0.2, 0) is 16.0 Å². The molecular weight excluding hydrogens is 386 g/mol. The molecule has 1 aromatic carbocycles. The van der Waals surface area contributed by atoms with Gasteiger partial charge in [-0.3, -0.25) is 9.59 Å². The molecule has 1 aliphatic heterocycles. The molecule has 31 heavy (non-hydrogen) atoms. The van der Waals surface area contributed by atoms with Crippen molar-refractivity contribution in [1.29, 1.82) is 0 Å². The van der Waals surface area contributed by atoms with E-state index in [2.05, 4.69) is 60.1 Å². The molecule has 1 aromatic rings. The van der Waals surface area contributed by atoms with E-state index in [4.69, 9.17) is 0 Å². The minimum atomic E-state index is -0.537. The van der Waals surface area contributed by atoms with Gasteiger partial charge in [0.15, 0.2) is 0 Å². The van der Waals surface area contributed by atoms with Crippen LogP contribution in [0.4, 0.5) is 5.69 Å². The molecule has 0 radical (unpaired) electrons. The summed E-state index contributed by atoms with van der Waals surface area (Å²) in [5.74, 6) is 0.575. The summed E-state index contributed by atoms with van der Waals surface area (Å²) in [6.45, 7) is 4.52. The second-order valence-electron chi connectivity index (χ2n) is 8.63. The molecule has 0 bridgehead atoms. The molecule has 3 unspecified atom stereocenters. The van der Waals surface area contributed by atoms with Gasteiger partial charge in [-0.1, -0.05) is 61.6 Å². The van der Waals surface area contributed by atoms with Gasteiger partial charge in [-0.25, -0.2) is 0 Å². The number of rotatable bonds is 5. The highest BCUT2D eigenvalue weighted by atomic mass is 16.2. The summed E-state index contributed by atoms with van der Waals surface area (Å²) in [4.78, 5) is 28.0. The Balaban J connectivity index is 1.67. The molecule has 5 nitrogen and oxygen atoms in total. The number of carbonyl (C=O) groups excluding carboxylic acids is 2. The van der Waals surface area contributed by atoms with Gasteiger partial charge in [-0.05, 0) is 55.5 Å². The molecule has 2 amide bonds. The van der Waals surface area contributed by atoms with Gasteiger partial charge < -0.3 is 15.5 Å². The molecule has 2 aliphatic carbocycles. The van der Waals surface area contributed by atoms with Gasteiger partial charge in [0, 0.05) is 11.6 Å². The maximum Gasteiger partial charge on any atom is 0.249 e. The van der Waals surface area contributed by atoms with Crippen molar-refractivity contribution in [3.63, 3.8) is 0 Å². The van der Waals surface area contributed by atoms with Crippen LogP contribution in [0.3, 0.4) is 0 Å². The summed E-state index contributed by atoms with van der Waals surface area (Å²) in [5.41, 5.74) is 4.51. The van der Waals surface area contributed by atoms with E-state index in [1.165, 1.54) is 5.57 Å². The Morgan fingerprint density at radius 3 is 2.81 bits per heavy atom. The molecule has 3 aliphatic rings. The van der Waals surface area contributed by atoms with Gasteiger partial charge in [0.1, 0.15) is 6.04 Å². The van der Waals surface area contributed by atoms with Crippen LogP contribution in [0.2, 0.25) is 0 Å². The van der Waals surface area contributed by atoms with Gasteiger partial charge in [0.25, 0.3) is 0 Å². The minimum absolute atomic E-state index is 0.0476. The third kappa shape index (κ3) is 4.28. The summed E-state index contributed by atoms with van der Waals surface area (Å²) in [7, 11) is 1.74. The lowest BCUT2D eigenvalue weighted by molar-refractivity contribution is -0.128. The molecule has 0 saturated carbocycles. The second kappa shape index (κ2) is 9.06. The Morgan fingerprint density at radius 1 is 1.19 bits per heavy atom. The normalized spacial score (nSPS) is 25.7. The van der Waals surface area contributed by atoms with E-state index in [-0.39, 0.29) is 17.9 Å². The minimum Gasteiger partial charge on any atom is -0.343 e. The molecule has 0 fully saturated rings. The number of hydrogen-bond acceptors (Lipinski definition) is 3. The van der Waals surface area contributed by atoms with Crippen molar-refractivity contribution in [3.05, 3.63) is 77.4 Å². The predicted octanol–water partition coefficient (Wildman–Crippen LogP) is 3.30.